The van der Waals surface area contributed by atoms with E-state index in [1.54, 1.807) is 9.13 Å². The Morgan fingerprint density at radius 2 is 2.00 bits per heavy atom. The molecule has 0 aliphatic carbocycles. The first kappa shape index (κ1) is 10.3. The maximum Gasteiger partial charge on any atom is 0.336 e. The molecule has 3 heterocycles. The molecule has 0 amide bonds. The van der Waals surface area contributed by atoms with Gasteiger partial charge in [-0.15, -0.1) is 0 Å². The third-order valence-electron chi connectivity index (χ3n) is 3.35. The summed E-state index contributed by atoms with van der Waals surface area (Å²) in [5.41, 5.74) is 1.46. The highest BCUT2D eigenvalue weighted by molar-refractivity contribution is 5.70. The second kappa shape index (κ2) is 3.68. The average molecular weight is 253 g/mol. The van der Waals surface area contributed by atoms with E-state index < -0.39 is 0 Å². The van der Waals surface area contributed by atoms with Crippen molar-refractivity contribution < 1.29 is 0 Å². The molecule has 6 nitrogen and oxygen atoms in total. The predicted molar refractivity (Wildman–Crippen MR) is 70.7 cm³/mol. The second-order valence-electron chi connectivity index (χ2n) is 4.43. The molecular weight excluding hydrogens is 242 g/mol. The second-order valence-corrected chi connectivity index (χ2v) is 4.43. The van der Waals surface area contributed by atoms with Gasteiger partial charge < -0.3 is 5.32 Å². The van der Waals surface area contributed by atoms with Crippen molar-refractivity contribution >= 4 is 5.82 Å². The Balaban J connectivity index is 2.13. The van der Waals surface area contributed by atoms with Gasteiger partial charge in [-0.2, -0.15) is 0 Å². The molecule has 0 unspecified atom stereocenters. The molecule has 0 radical (unpaired) electrons. The van der Waals surface area contributed by atoms with Gasteiger partial charge in [-0.1, -0.05) is 18.2 Å². The third-order valence-corrected chi connectivity index (χ3v) is 3.35. The molecule has 0 atom stereocenters. The SMILES string of the molecule is O=c1n2c(c3ncnc-3n1-c1ccccc1)NCC2. The number of benzene rings is 1. The molecule has 19 heavy (non-hydrogen) atoms. The number of rotatable bonds is 1. The van der Waals surface area contributed by atoms with Crippen molar-refractivity contribution in [1.29, 1.82) is 0 Å². The number of nitrogens with one attached hydrogen (secondary N) is 1. The predicted octanol–water partition coefficient (Wildman–Crippen LogP) is 0.959. The number of hydrogen-bond acceptors (Lipinski definition) is 4. The number of nitrogens with zero attached hydrogens (tertiary/aromatic N) is 4. The lowest BCUT2D eigenvalue weighted by Gasteiger charge is -2.14. The number of hydrogen-bond donors (Lipinski definition) is 1. The Kier molecular flexibility index (Phi) is 2.00. The van der Waals surface area contributed by atoms with Gasteiger partial charge in [-0.05, 0) is 12.1 Å². The lowest BCUT2D eigenvalue weighted by Crippen LogP contribution is -2.30. The van der Waals surface area contributed by atoms with E-state index in [2.05, 4.69) is 15.3 Å². The van der Waals surface area contributed by atoms with Crippen LogP contribution in [-0.2, 0) is 6.54 Å². The minimum Gasteiger partial charge on any atom is -0.368 e. The fraction of sp³-hybridized carbons (Fsp3) is 0.154. The van der Waals surface area contributed by atoms with E-state index >= 15 is 0 Å². The molecule has 1 N–H and O–H groups in total. The van der Waals surface area contributed by atoms with Crippen molar-refractivity contribution in [2.45, 2.75) is 6.54 Å². The molecule has 0 saturated carbocycles. The minimum atomic E-state index is -0.0841. The molecular formula is C13H11N5O. The van der Waals surface area contributed by atoms with Crippen molar-refractivity contribution in [3.8, 4) is 17.2 Å². The van der Waals surface area contributed by atoms with Crippen molar-refractivity contribution in [2.75, 3.05) is 11.9 Å². The normalized spacial score (nSPS) is 13.5. The number of aromatic nitrogens is 4. The standard InChI is InChI=1S/C13H11N5O/c19-13-17-7-6-14-11(17)10-12(16-8-15-10)18(13)9-4-2-1-3-5-9/h1-5,8,14H,6-7H2. The van der Waals surface area contributed by atoms with E-state index in [-0.39, 0.29) is 5.69 Å². The summed E-state index contributed by atoms with van der Waals surface area (Å²) in [6, 6.07) is 9.51. The lowest BCUT2D eigenvalue weighted by atomic mass is 10.3. The van der Waals surface area contributed by atoms with Gasteiger partial charge in [0.25, 0.3) is 0 Å². The summed E-state index contributed by atoms with van der Waals surface area (Å²) in [5.74, 6) is 1.36. The average Bonchev–Trinajstić information content (AvgIpc) is 3.08. The van der Waals surface area contributed by atoms with Gasteiger partial charge >= 0.3 is 5.69 Å². The van der Waals surface area contributed by atoms with Crippen molar-refractivity contribution in [2.24, 2.45) is 0 Å². The first-order valence-electron chi connectivity index (χ1n) is 6.12. The summed E-state index contributed by atoms with van der Waals surface area (Å²) in [7, 11) is 0. The third kappa shape index (κ3) is 1.33. The molecule has 94 valence electrons. The zero-order valence-electron chi connectivity index (χ0n) is 10.1. The molecule has 0 fully saturated rings. The van der Waals surface area contributed by atoms with Crippen LogP contribution in [0.5, 0.6) is 0 Å². The topological polar surface area (TPSA) is 64.7 Å². The van der Waals surface area contributed by atoms with Gasteiger partial charge in [0.1, 0.15) is 17.8 Å². The van der Waals surface area contributed by atoms with Crippen LogP contribution in [0, 0.1) is 0 Å². The molecule has 0 bridgehead atoms. The fourth-order valence-electron chi connectivity index (χ4n) is 2.51. The fourth-order valence-corrected chi connectivity index (χ4v) is 2.51. The van der Waals surface area contributed by atoms with Crippen molar-refractivity contribution in [3.05, 3.63) is 47.1 Å². The number of fused-ring (bicyclic) bond motifs is 3. The maximum absolute atomic E-state index is 12.6. The summed E-state index contributed by atoms with van der Waals surface area (Å²) in [6.07, 6.45) is 1.49. The summed E-state index contributed by atoms with van der Waals surface area (Å²) in [4.78, 5) is 21.1. The monoisotopic (exact) mass is 253 g/mol. The largest absolute Gasteiger partial charge is 0.368 e. The van der Waals surface area contributed by atoms with Gasteiger partial charge in [-0.25, -0.2) is 19.3 Å². The van der Waals surface area contributed by atoms with Gasteiger partial charge in [-0.3, -0.25) is 4.57 Å². The van der Waals surface area contributed by atoms with Crippen LogP contribution in [0.15, 0.2) is 41.5 Å². The van der Waals surface area contributed by atoms with Crippen LogP contribution < -0.4 is 11.0 Å². The van der Waals surface area contributed by atoms with E-state index in [0.29, 0.717) is 12.4 Å². The molecule has 3 aliphatic heterocycles. The van der Waals surface area contributed by atoms with E-state index in [1.807, 2.05) is 30.3 Å². The van der Waals surface area contributed by atoms with Gasteiger partial charge in [0.2, 0.25) is 0 Å². The number of anilines is 1. The molecule has 0 aromatic heterocycles. The van der Waals surface area contributed by atoms with E-state index in [0.717, 1.165) is 23.7 Å². The Labute approximate surface area is 108 Å². The highest BCUT2D eigenvalue weighted by atomic mass is 16.1. The minimum absolute atomic E-state index is 0.0841. The molecule has 0 saturated heterocycles. The van der Waals surface area contributed by atoms with Crippen LogP contribution in [-0.4, -0.2) is 25.6 Å². The zero-order chi connectivity index (χ0) is 12.8. The Bertz CT molecular complexity index is 774. The number of imidazole rings is 1. The van der Waals surface area contributed by atoms with Crippen molar-refractivity contribution in [3.63, 3.8) is 0 Å². The van der Waals surface area contributed by atoms with Gasteiger partial charge in [0, 0.05) is 13.1 Å². The van der Waals surface area contributed by atoms with E-state index in [1.165, 1.54) is 6.33 Å². The van der Waals surface area contributed by atoms with Crippen LogP contribution >= 0.6 is 0 Å². The molecule has 1 aromatic rings. The first-order chi connectivity index (χ1) is 9.36. The van der Waals surface area contributed by atoms with E-state index in [9.17, 15) is 4.79 Å². The Morgan fingerprint density at radius 3 is 2.84 bits per heavy atom. The summed E-state index contributed by atoms with van der Waals surface area (Å²) < 4.78 is 3.32. The Hall–Kier alpha value is -2.63. The van der Waals surface area contributed by atoms with Crippen LogP contribution in [0.3, 0.4) is 0 Å². The van der Waals surface area contributed by atoms with Gasteiger partial charge in [0.15, 0.2) is 5.82 Å². The van der Waals surface area contributed by atoms with Crippen LogP contribution in [0.1, 0.15) is 0 Å². The summed E-state index contributed by atoms with van der Waals surface area (Å²) in [6.45, 7) is 1.40. The Morgan fingerprint density at radius 1 is 1.16 bits per heavy atom. The molecule has 4 rings (SSSR count). The van der Waals surface area contributed by atoms with Crippen LogP contribution in [0.2, 0.25) is 0 Å². The maximum atomic E-state index is 12.6. The zero-order valence-corrected chi connectivity index (χ0v) is 10.1. The summed E-state index contributed by atoms with van der Waals surface area (Å²) in [5, 5.41) is 3.20. The highest BCUT2D eigenvalue weighted by Crippen LogP contribution is 2.28. The van der Waals surface area contributed by atoms with Crippen LogP contribution in [0.4, 0.5) is 5.82 Å². The molecule has 1 aromatic carbocycles. The number of para-hydroxylation sites is 1. The molecule has 6 heteroatoms. The lowest BCUT2D eigenvalue weighted by molar-refractivity contribution is 0.707. The van der Waals surface area contributed by atoms with Gasteiger partial charge in [0.05, 0.1) is 5.69 Å². The molecule has 3 aliphatic rings. The first-order valence-corrected chi connectivity index (χ1v) is 6.12. The van der Waals surface area contributed by atoms with E-state index in [4.69, 9.17) is 0 Å². The summed E-state index contributed by atoms with van der Waals surface area (Å²) >= 11 is 0. The highest BCUT2D eigenvalue weighted by Gasteiger charge is 2.26. The quantitative estimate of drug-likeness (QED) is 0.701. The smallest absolute Gasteiger partial charge is 0.336 e. The van der Waals surface area contributed by atoms with Crippen LogP contribution in [0.25, 0.3) is 17.2 Å². The molecule has 0 spiro atoms. The van der Waals surface area contributed by atoms with Crippen molar-refractivity contribution in [1.82, 2.24) is 19.1 Å².